The van der Waals surface area contributed by atoms with Gasteiger partial charge in [-0.3, -0.25) is 9.69 Å². The summed E-state index contributed by atoms with van der Waals surface area (Å²) in [7, 11) is 0. The van der Waals surface area contributed by atoms with Crippen LogP contribution in [0.5, 0.6) is 0 Å². The average Bonchev–Trinajstić information content (AvgIpc) is 3.20. The predicted octanol–water partition coefficient (Wildman–Crippen LogP) is 1.32. The van der Waals surface area contributed by atoms with Crippen molar-refractivity contribution in [1.29, 1.82) is 0 Å². The first-order valence-corrected chi connectivity index (χ1v) is 8.21. The van der Waals surface area contributed by atoms with Gasteiger partial charge in [0.05, 0.1) is 12.7 Å². The van der Waals surface area contributed by atoms with Crippen molar-refractivity contribution in [3.63, 3.8) is 0 Å². The molecule has 126 valence electrons. The molecule has 2 aromatic rings. The molecule has 24 heavy (non-hydrogen) atoms. The number of rotatable bonds is 3. The van der Waals surface area contributed by atoms with Crippen LogP contribution in [-0.2, 0) is 4.74 Å². The van der Waals surface area contributed by atoms with Gasteiger partial charge in [0.15, 0.2) is 5.69 Å². The molecule has 0 aliphatic carbocycles. The lowest BCUT2D eigenvalue weighted by Crippen LogP contribution is -2.43. The van der Waals surface area contributed by atoms with E-state index in [0.29, 0.717) is 18.3 Å². The number of hydrogen-bond donors (Lipinski definition) is 1. The number of aromatic nitrogens is 2. The molecular formula is C17H20N4O3. The molecule has 1 amide bonds. The number of nitrogens with one attached hydrogen (secondary N) is 1. The third kappa shape index (κ3) is 2.92. The minimum atomic E-state index is -0.223. The summed E-state index contributed by atoms with van der Waals surface area (Å²) in [6.07, 6.45) is 0.983. The summed E-state index contributed by atoms with van der Waals surface area (Å²) in [5.41, 5.74) is 1.97. The van der Waals surface area contributed by atoms with Gasteiger partial charge in [-0.05, 0) is 24.1 Å². The third-order valence-corrected chi connectivity index (χ3v) is 4.79. The Balaban J connectivity index is 1.38. The number of benzene rings is 1. The zero-order valence-corrected chi connectivity index (χ0v) is 13.5. The standard InChI is InChI=1S/C17H20N4O3/c1-11-16(20-24-19-11)17(22)18-13-7-14-10-23-15(9-21(14)8-13)12-5-3-2-4-6-12/h2-6,13-15H,7-10H2,1H3,(H,18,22). The first-order valence-electron chi connectivity index (χ1n) is 8.21. The monoisotopic (exact) mass is 328 g/mol. The number of ether oxygens (including phenoxy) is 1. The van der Waals surface area contributed by atoms with E-state index < -0.39 is 0 Å². The molecule has 7 nitrogen and oxygen atoms in total. The van der Waals surface area contributed by atoms with E-state index in [0.717, 1.165) is 19.5 Å². The second-order valence-electron chi connectivity index (χ2n) is 6.44. The molecule has 7 heteroatoms. The molecule has 0 spiro atoms. The maximum atomic E-state index is 12.3. The molecule has 2 aliphatic heterocycles. The van der Waals surface area contributed by atoms with Crippen LogP contribution in [0.2, 0.25) is 0 Å². The SMILES string of the molecule is Cc1nonc1C(=O)NC1CC2COC(c3ccccc3)CN2C1. The van der Waals surface area contributed by atoms with Gasteiger partial charge < -0.3 is 10.1 Å². The van der Waals surface area contributed by atoms with Crippen LogP contribution in [0.25, 0.3) is 0 Å². The van der Waals surface area contributed by atoms with Crippen molar-refractivity contribution < 1.29 is 14.2 Å². The fourth-order valence-corrected chi connectivity index (χ4v) is 3.54. The minimum Gasteiger partial charge on any atom is -0.371 e. The Bertz CT molecular complexity index is 718. The molecule has 2 fully saturated rings. The van der Waals surface area contributed by atoms with Crippen LogP contribution < -0.4 is 5.32 Å². The van der Waals surface area contributed by atoms with Crippen molar-refractivity contribution in [3.8, 4) is 0 Å². The first kappa shape index (κ1) is 15.3. The average molecular weight is 328 g/mol. The molecule has 3 unspecified atom stereocenters. The van der Waals surface area contributed by atoms with Gasteiger partial charge in [-0.15, -0.1) is 0 Å². The lowest BCUT2D eigenvalue weighted by molar-refractivity contribution is -0.0502. The second-order valence-corrected chi connectivity index (χ2v) is 6.44. The molecular weight excluding hydrogens is 308 g/mol. The summed E-state index contributed by atoms with van der Waals surface area (Å²) in [5.74, 6) is -0.223. The molecule has 2 saturated heterocycles. The van der Waals surface area contributed by atoms with Crippen molar-refractivity contribution >= 4 is 5.91 Å². The zero-order chi connectivity index (χ0) is 16.5. The topological polar surface area (TPSA) is 80.5 Å². The Morgan fingerprint density at radius 2 is 2.08 bits per heavy atom. The lowest BCUT2D eigenvalue weighted by Gasteiger charge is -2.35. The predicted molar refractivity (Wildman–Crippen MR) is 85.4 cm³/mol. The largest absolute Gasteiger partial charge is 0.371 e. The molecule has 1 aromatic carbocycles. The van der Waals surface area contributed by atoms with Crippen LogP contribution in [0.4, 0.5) is 0 Å². The molecule has 0 bridgehead atoms. The zero-order valence-electron chi connectivity index (χ0n) is 13.5. The van der Waals surface area contributed by atoms with Crippen molar-refractivity contribution in [2.24, 2.45) is 0 Å². The van der Waals surface area contributed by atoms with Gasteiger partial charge in [-0.25, -0.2) is 4.63 Å². The van der Waals surface area contributed by atoms with E-state index in [1.165, 1.54) is 5.56 Å². The number of amides is 1. The molecule has 1 N–H and O–H groups in total. The van der Waals surface area contributed by atoms with Gasteiger partial charge in [-0.2, -0.15) is 0 Å². The molecule has 0 radical (unpaired) electrons. The maximum Gasteiger partial charge on any atom is 0.275 e. The van der Waals surface area contributed by atoms with E-state index in [-0.39, 0.29) is 23.7 Å². The highest BCUT2D eigenvalue weighted by Crippen LogP contribution is 2.30. The lowest BCUT2D eigenvalue weighted by atomic mass is 10.1. The van der Waals surface area contributed by atoms with E-state index in [1.807, 2.05) is 18.2 Å². The van der Waals surface area contributed by atoms with Gasteiger partial charge >= 0.3 is 0 Å². The van der Waals surface area contributed by atoms with Crippen LogP contribution in [0, 0.1) is 6.92 Å². The number of fused-ring (bicyclic) bond motifs is 1. The maximum absolute atomic E-state index is 12.3. The molecule has 1 aromatic heterocycles. The number of morpholine rings is 1. The summed E-state index contributed by atoms with van der Waals surface area (Å²) >= 11 is 0. The Morgan fingerprint density at radius 3 is 2.83 bits per heavy atom. The van der Waals surface area contributed by atoms with E-state index in [9.17, 15) is 4.79 Å². The van der Waals surface area contributed by atoms with Crippen LogP contribution in [0.15, 0.2) is 35.0 Å². The van der Waals surface area contributed by atoms with Crippen LogP contribution >= 0.6 is 0 Å². The van der Waals surface area contributed by atoms with E-state index in [4.69, 9.17) is 4.74 Å². The first-order chi connectivity index (χ1) is 11.7. The Morgan fingerprint density at radius 1 is 1.25 bits per heavy atom. The summed E-state index contributed by atoms with van der Waals surface area (Å²) < 4.78 is 10.6. The normalized spacial score (nSPS) is 27.0. The number of aryl methyl sites for hydroxylation is 1. The van der Waals surface area contributed by atoms with Gasteiger partial charge in [0.1, 0.15) is 5.69 Å². The van der Waals surface area contributed by atoms with Crippen LogP contribution in [0.1, 0.15) is 34.3 Å². The highest BCUT2D eigenvalue weighted by atomic mass is 16.6. The molecule has 4 rings (SSSR count). The number of carbonyl (C=O) groups excluding carboxylic acids is 1. The van der Waals surface area contributed by atoms with Gasteiger partial charge in [0, 0.05) is 25.2 Å². The molecule has 3 heterocycles. The summed E-state index contributed by atoms with van der Waals surface area (Å²) in [6.45, 7) is 4.08. The van der Waals surface area contributed by atoms with Crippen molar-refractivity contribution in [2.45, 2.75) is 31.5 Å². The smallest absolute Gasteiger partial charge is 0.275 e. The van der Waals surface area contributed by atoms with Gasteiger partial charge in [-0.1, -0.05) is 35.5 Å². The van der Waals surface area contributed by atoms with Crippen molar-refractivity contribution in [1.82, 2.24) is 20.5 Å². The summed E-state index contributed by atoms with van der Waals surface area (Å²) in [6, 6.07) is 10.7. The van der Waals surface area contributed by atoms with Crippen molar-refractivity contribution in [3.05, 3.63) is 47.3 Å². The van der Waals surface area contributed by atoms with E-state index >= 15 is 0 Å². The quantitative estimate of drug-likeness (QED) is 0.915. The fraction of sp³-hybridized carbons (Fsp3) is 0.471. The molecule has 0 saturated carbocycles. The summed E-state index contributed by atoms with van der Waals surface area (Å²) in [4.78, 5) is 14.7. The number of nitrogens with zero attached hydrogens (tertiary/aromatic N) is 3. The number of carbonyl (C=O) groups is 1. The highest BCUT2D eigenvalue weighted by molar-refractivity contribution is 5.93. The number of hydrogen-bond acceptors (Lipinski definition) is 6. The van der Waals surface area contributed by atoms with Crippen LogP contribution in [-0.4, -0.2) is 52.9 Å². The highest BCUT2D eigenvalue weighted by Gasteiger charge is 2.38. The van der Waals surface area contributed by atoms with Crippen LogP contribution in [0.3, 0.4) is 0 Å². The minimum absolute atomic E-state index is 0.0942. The van der Waals surface area contributed by atoms with E-state index in [2.05, 4.69) is 37.3 Å². The molecule has 2 aliphatic rings. The van der Waals surface area contributed by atoms with Gasteiger partial charge in [0.2, 0.25) is 0 Å². The Labute approximate surface area is 139 Å². The summed E-state index contributed by atoms with van der Waals surface area (Å²) in [5, 5.41) is 10.3. The third-order valence-electron chi connectivity index (χ3n) is 4.79. The van der Waals surface area contributed by atoms with Crippen molar-refractivity contribution in [2.75, 3.05) is 19.7 Å². The Hall–Kier alpha value is -2.25. The fourth-order valence-electron chi connectivity index (χ4n) is 3.54. The molecule has 3 atom stereocenters. The Kier molecular flexibility index (Phi) is 4.03. The van der Waals surface area contributed by atoms with Gasteiger partial charge in [0.25, 0.3) is 5.91 Å². The van der Waals surface area contributed by atoms with E-state index in [1.54, 1.807) is 6.92 Å². The second kappa shape index (κ2) is 6.33.